The molecule has 3 N–H and O–H groups in total. The number of benzene rings is 1. The fourth-order valence-corrected chi connectivity index (χ4v) is 2.74. The molecule has 140 valence electrons. The standard InChI is InChI=1S/C18H19FN6O2/c1-11(2)17-14(9-21-25(17)13-5-3-12(19)4-6-13)18(27)22-16-7-8-24(23-16)10-15(20)26/h3-9,11H,10H2,1-2H3,(H2,20,26)(H,22,23,27). The number of halogens is 1. The lowest BCUT2D eigenvalue weighted by Gasteiger charge is -2.12. The first kappa shape index (κ1) is 18.3. The highest BCUT2D eigenvalue weighted by Gasteiger charge is 2.21. The van der Waals surface area contributed by atoms with Crippen molar-refractivity contribution in [2.24, 2.45) is 5.73 Å². The van der Waals surface area contributed by atoms with E-state index in [2.05, 4.69) is 15.5 Å². The predicted molar refractivity (Wildman–Crippen MR) is 97.0 cm³/mol. The van der Waals surface area contributed by atoms with Crippen LogP contribution < -0.4 is 11.1 Å². The second-order valence-corrected chi connectivity index (χ2v) is 6.31. The van der Waals surface area contributed by atoms with E-state index < -0.39 is 5.91 Å². The third kappa shape index (κ3) is 4.02. The van der Waals surface area contributed by atoms with Crippen molar-refractivity contribution in [3.63, 3.8) is 0 Å². The molecule has 2 amide bonds. The van der Waals surface area contributed by atoms with E-state index in [0.717, 1.165) is 0 Å². The summed E-state index contributed by atoms with van der Waals surface area (Å²) in [5.74, 6) is -0.965. The summed E-state index contributed by atoms with van der Waals surface area (Å²) in [5, 5.41) is 11.1. The smallest absolute Gasteiger partial charge is 0.260 e. The number of carbonyl (C=O) groups is 2. The molecule has 0 aliphatic rings. The van der Waals surface area contributed by atoms with Gasteiger partial charge in [0.15, 0.2) is 5.82 Å². The zero-order chi connectivity index (χ0) is 19.6. The van der Waals surface area contributed by atoms with Gasteiger partial charge in [0.25, 0.3) is 5.91 Å². The monoisotopic (exact) mass is 370 g/mol. The highest BCUT2D eigenvalue weighted by Crippen LogP contribution is 2.24. The number of carbonyl (C=O) groups excluding carboxylic acids is 2. The number of amides is 2. The van der Waals surface area contributed by atoms with Gasteiger partial charge in [0.1, 0.15) is 12.4 Å². The number of nitrogens with zero attached hydrogens (tertiary/aromatic N) is 4. The lowest BCUT2D eigenvalue weighted by atomic mass is 10.1. The molecular formula is C18H19FN6O2. The molecule has 1 aromatic carbocycles. The van der Waals surface area contributed by atoms with E-state index in [9.17, 15) is 14.0 Å². The minimum Gasteiger partial charge on any atom is -0.368 e. The molecule has 3 aromatic rings. The fourth-order valence-electron chi connectivity index (χ4n) is 2.74. The van der Waals surface area contributed by atoms with Gasteiger partial charge in [-0.05, 0) is 30.2 Å². The van der Waals surface area contributed by atoms with E-state index in [0.29, 0.717) is 22.8 Å². The van der Waals surface area contributed by atoms with Crippen LogP contribution in [-0.2, 0) is 11.3 Å². The Balaban J connectivity index is 1.87. The molecule has 0 fully saturated rings. The van der Waals surface area contributed by atoms with Gasteiger partial charge in [-0.3, -0.25) is 14.3 Å². The largest absolute Gasteiger partial charge is 0.368 e. The summed E-state index contributed by atoms with van der Waals surface area (Å²) < 4.78 is 16.1. The topological polar surface area (TPSA) is 108 Å². The van der Waals surface area contributed by atoms with Gasteiger partial charge in [0, 0.05) is 12.3 Å². The van der Waals surface area contributed by atoms with Crippen molar-refractivity contribution < 1.29 is 14.0 Å². The molecule has 0 aliphatic heterocycles. The molecule has 0 atom stereocenters. The lowest BCUT2D eigenvalue weighted by molar-refractivity contribution is -0.118. The molecule has 2 heterocycles. The van der Waals surface area contributed by atoms with E-state index in [4.69, 9.17) is 5.73 Å². The van der Waals surface area contributed by atoms with E-state index in [1.807, 2.05) is 13.8 Å². The van der Waals surface area contributed by atoms with Crippen molar-refractivity contribution in [3.05, 3.63) is 59.8 Å². The summed E-state index contributed by atoms with van der Waals surface area (Å²) in [7, 11) is 0. The predicted octanol–water partition coefficient (Wildman–Crippen LogP) is 2.07. The normalized spacial score (nSPS) is 11.0. The number of hydrogen-bond acceptors (Lipinski definition) is 4. The number of hydrogen-bond donors (Lipinski definition) is 2. The Hall–Kier alpha value is -3.49. The maximum Gasteiger partial charge on any atom is 0.260 e. The second kappa shape index (κ2) is 7.40. The third-order valence-corrected chi connectivity index (χ3v) is 3.87. The van der Waals surface area contributed by atoms with Crippen molar-refractivity contribution in [1.82, 2.24) is 19.6 Å². The Bertz CT molecular complexity index is 974. The van der Waals surface area contributed by atoms with Crippen molar-refractivity contribution in [1.29, 1.82) is 0 Å². The number of rotatable bonds is 6. The number of aromatic nitrogens is 4. The molecule has 0 saturated carbocycles. The molecular weight excluding hydrogens is 351 g/mol. The van der Waals surface area contributed by atoms with Crippen LogP contribution >= 0.6 is 0 Å². The van der Waals surface area contributed by atoms with Crippen molar-refractivity contribution >= 4 is 17.6 Å². The van der Waals surface area contributed by atoms with Gasteiger partial charge in [0.2, 0.25) is 5.91 Å². The fraction of sp³-hybridized carbons (Fsp3) is 0.222. The van der Waals surface area contributed by atoms with Crippen LogP contribution in [0.4, 0.5) is 10.2 Å². The Morgan fingerprint density at radius 3 is 2.56 bits per heavy atom. The van der Waals surface area contributed by atoms with E-state index in [1.54, 1.807) is 29.1 Å². The van der Waals surface area contributed by atoms with Crippen LogP contribution in [0.25, 0.3) is 5.69 Å². The summed E-state index contributed by atoms with van der Waals surface area (Å²) in [6.45, 7) is 3.81. The van der Waals surface area contributed by atoms with Crippen LogP contribution in [0.3, 0.4) is 0 Å². The van der Waals surface area contributed by atoms with Crippen LogP contribution in [0, 0.1) is 5.82 Å². The number of anilines is 1. The molecule has 9 heteroatoms. The first-order chi connectivity index (χ1) is 12.8. The summed E-state index contributed by atoms with van der Waals surface area (Å²) in [4.78, 5) is 23.6. The second-order valence-electron chi connectivity index (χ2n) is 6.31. The third-order valence-electron chi connectivity index (χ3n) is 3.87. The molecule has 0 saturated heterocycles. The van der Waals surface area contributed by atoms with Crippen molar-refractivity contribution in [3.8, 4) is 5.69 Å². The number of nitrogens with one attached hydrogen (secondary N) is 1. The zero-order valence-corrected chi connectivity index (χ0v) is 14.9. The molecule has 0 spiro atoms. The van der Waals surface area contributed by atoms with Gasteiger partial charge in [-0.25, -0.2) is 9.07 Å². The minimum atomic E-state index is -0.529. The highest BCUT2D eigenvalue weighted by molar-refractivity contribution is 6.04. The Morgan fingerprint density at radius 2 is 1.93 bits per heavy atom. The van der Waals surface area contributed by atoms with Crippen LogP contribution in [0.1, 0.15) is 35.8 Å². The van der Waals surface area contributed by atoms with Gasteiger partial charge < -0.3 is 11.1 Å². The van der Waals surface area contributed by atoms with E-state index in [1.165, 1.54) is 23.0 Å². The zero-order valence-electron chi connectivity index (χ0n) is 14.9. The van der Waals surface area contributed by atoms with Gasteiger partial charge in [-0.1, -0.05) is 13.8 Å². The molecule has 2 aromatic heterocycles. The molecule has 0 bridgehead atoms. The van der Waals surface area contributed by atoms with Gasteiger partial charge >= 0.3 is 0 Å². The van der Waals surface area contributed by atoms with E-state index in [-0.39, 0.29) is 24.2 Å². The molecule has 27 heavy (non-hydrogen) atoms. The van der Waals surface area contributed by atoms with Crippen LogP contribution in [0.2, 0.25) is 0 Å². The average molecular weight is 370 g/mol. The van der Waals surface area contributed by atoms with E-state index >= 15 is 0 Å². The highest BCUT2D eigenvalue weighted by atomic mass is 19.1. The minimum absolute atomic E-state index is 0.00859. The summed E-state index contributed by atoms with van der Waals surface area (Å²) >= 11 is 0. The number of nitrogens with two attached hydrogens (primary N) is 1. The Morgan fingerprint density at radius 1 is 1.22 bits per heavy atom. The molecule has 0 aliphatic carbocycles. The van der Waals surface area contributed by atoms with Crippen LogP contribution in [0.5, 0.6) is 0 Å². The van der Waals surface area contributed by atoms with Crippen LogP contribution in [0.15, 0.2) is 42.7 Å². The Kier molecular flexibility index (Phi) is 5.02. The number of primary amides is 1. The molecule has 0 unspecified atom stereocenters. The first-order valence-electron chi connectivity index (χ1n) is 8.32. The maximum absolute atomic E-state index is 13.2. The quantitative estimate of drug-likeness (QED) is 0.692. The SMILES string of the molecule is CC(C)c1c(C(=O)Nc2ccn(CC(N)=O)n2)cnn1-c1ccc(F)cc1. The first-order valence-corrected chi connectivity index (χ1v) is 8.32. The summed E-state index contributed by atoms with van der Waals surface area (Å²) in [6.07, 6.45) is 3.01. The van der Waals surface area contributed by atoms with Gasteiger partial charge in [-0.15, -0.1) is 0 Å². The molecule has 3 rings (SSSR count). The molecule has 8 nitrogen and oxygen atoms in total. The van der Waals surface area contributed by atoms with Crippen LogP contribution in [-0.4, -0.2) is 31.4 Å². The maximum atomic E-state index is 13.2. The summed E-state index contributed by atoms with van der Waals surface area (Å²) in [6, 6.07) is 7.45. The van der Waals surface area contributed by atoms with Crippen molar-refractivity contribution in [2.75, 3.05) is 5.32 Å². The average Bonchev–Trinajstić information content (AvgIpc) is 3.22. The Labute approximate surface area is 154 Å². The van der Waals surface area contributed by atoms with Crippen molar-refractivity contribution in [2.45, 2.75) is 26.3 Å². The lowest BCUT2D eigenvalue weighted by Crippen LogP contribution is -2.19. The molecule has 0 radical (unpaired) electrons. The van der Waals surface area contributed by atoms with Gasteiger partial charge in [-0.2, -0.15) is 10.2 Å². The summed E-state index contributed by atoms with van der Waals surface area (Å²) in [5.41, 5.74) is 6.86. The van der Waals surface area contributed by atoms with Gasteiger partial charge in [0.05, 0.1) is 23.1 Å².